The quantitative estimate of drug-likeness (QED) is 0.442. The number of nitrogens with one attached hydrogen (secondary N) is 2. The number of H-pyrrole nitrogens is 1. The molecule has 0 atom stereocenters. The number of hydrogen-bond acceptors (Lipinski definition) is 4. The van der Waals surface area contributed by atoms with Crippen LogP contribution >= 0.6 is 0 Å². The fourth-order valence-electron chi connectivity index (χ4n) is 2.90. The summed E-state index contributed by atoms with van der Waals surface area (Å²) < 4.78 is 19.6. The lowest BCUT2D eigenvalue weighted by molar-refractivity contribution is -0.136. The number of rotatable bonds is 6. The lowest BCUT2D eigenvalue weighted by atomic mass is 10.1. The summed E-state index contributed by atoms with van der Waals surface area (Å²) in [4.78, 5) is 30.3. The molecule has 0 aliphatic carbocycles. The zero-order chi connectivity index (χ0) is 21.1. The highest BCUT2D eigenvalue weighted by Crippen LogP contribution is 2.26. The molecule has 4 aromatic rings. The lowest BCUT2D eigenvalue weighted by Gasteiger charge is -2.09. The largest absolute Gasteiger partial charge is 0.481 e. The molecule has 0 aliphatic rings. The second kappa shape index (κ2) is 8.04. The number of amides is 1. The summed E-state index contributed by atoms with van der Waals surface area (Å²) in [6, 6.07) is 17.7. The van der Waals surface area contributed by atoms with Gasteiger partial charge in [0, 0.05) is 5.69 Å². The molecule has 7 nitrogen and oxygen atoms in total. The Labute approximate surface area is 170 Å². The predicted octanol–water partition coefficient (Wildman–Crippen LogP) is 4.37. The molecule has 0 unspecified atom stereocenters. The van der Waals surface area contributed by atoms with E-state index in [0.29, 0.717) is 22.5 Å². The first kappa shape index (κ1) is 19.1. The Balaban J connectivity index is 1.42. The summed E-state index contributed by atoms with van der Waals surface area (Å²) in [7, 11) is 0. The van der Waals surface area contributed by atoms with E-state index >= 15 is 0 Å². The minimum atomic E-state index is -1.04. The van der Waals surface area contributed by atoms with Crippen molar-refractivity contribution in [1.82, 2.24) is 9.97 Å². The SMILES string of the molecule is O=C(O)Cc1ccc(Oc2ccc(NC(=O)c3nc4ccccc4[nH]3)cc2)c(F)c1. The third-order valence-corrected chi connectivity index (χ3v) is 4.30. The van der Waals surface area contributed by atoms with Gasteiger partial charge in [0.15, 0.2) is 17.4 Å². The van der Waals surface area contributed by atoms with Crippen LogP contribution in [-0.4, -0.2) is 27.0 Å². The van der Waals surface area contributed by atoms with Crippen molar-refractivity contribution in [2.24, 2.45) is 0 Å². The van der Waals surface area contributed by atoms with E-state index in [-0.39, 0.29) is 23.9 Å². The van der Waals surface area contributed by atoms with Gasteiger partial charge in [-0.05, 0) is 54.1 Å². The molecule has 3 N–H and O–H groups in total. The molecule has 8 heteroatoms. The topological polar surface area (TPSA) is 104 Å². The number of para-hydroxylation sites is 2. The summed E-state index contributed by atoms with van der Waals surface area (Å²) in [5, 5.41) is 11.5. The predicted molar refractivity (Wildman–Crippen MR) is 108 cm³/mol. The number of hydrogen-bond donors (Lipinski definition) is 3. The fraction of sp³-hybridized carbons (Fsp3) is 0.0455. The zero-order valence-corrected chi connectivity index (χ0v) is 15.6. The molecule has 0 fully saturated rings. The van der Waals surface area contributed by atoms with E-state index in [1.807, 2.05) is 24.3 Å². The number of halogens is 1. The Morgan fingerprint density at radius 2 is 1.83 bits per heavy atom. The van der Waals surface area contributed by atoms with Gasteiger partial charge in [0.2, 0.25) is 0 Å². The van der Waals surface area contributed by atoms with Crippen molar-refractivity contribution in [2.45, 2.75) is 6.42 Å². The molecule has 0 aliphatic heterocycles. The number of imidazole rings is 1. The molecule has 150 valence electrons. The second-order valence-electron chi connectivity index (χ2n) is 6.52. The van der Waals surface area contributed by atoms with Crippen molar-refractivity contribution in [3.05, 3.63) is 83.9 Å². The number of carbonyl (C=O) groups excluding carboxylic acids is 1. The van der Waals surface area contributed by atoms with Crippen LogP contribution in [0, 0.1) is 5.82 Å². The number of carbonyl (C=O) groups is 2. The summed E-state index contributed by atoms with van der Waals surface area (Å²) in [5.41, 5.74) is 2.33. The average molecular weight is 405 g/mol. The van der Waals surface area contributed by atoms with Crippen LogP contribution in [-0.2, 0) is 11.2 Å². The van der Waals surface area contributed by atoms with Crippen LogP contribution in [0.25, 0.3) is 11.0 Å². The molecule has 4 rings (SSSR count). The van der Waals surface area contributed by atoms with Gasteiger partial charge in [-0.15, -0.1) is 0 Å². The van der Waals surface area contributed by atoms with Gasteiger partial charge in [-0.1, -0.05) is 18.2 Å². The maximum atomic E-state index is 14.1. The summed E-state index contributed by atoms with van der Waals surface area (Å²) >= 11 is 0. The molecule has 3 aromatic carbocycles. The number of fused-ring (bicyclic) bond motifs is 1. The van der Waals surface area contributed by atoms with Crippen molar-refractivity contribution in [3.63, 3.8) is 0 Å². The van der Waals surface area contributed by atoms with Crippen molar-refractivity contribution in [3.8, 4) is 11.5 Å². The fourth-order valence-corrected chi connectivity index (χ4v) is 2.90. The molecule has 1 heterocycles. The lowest BCUT2D eigenvalue weighted by Crippen LogP contribution is -2.13. The monoisotopic (exact) mass is 405 g/mol. The highest BCUT2D eigenvalue weighted by Gasteiger charge is 2.12. The first-order valence-corrected chi connectivity index (χ1v) is 9.02. The summed E-state index contributed by atoms with van der Waals surface area (Å²) in [6.07, 6.45) is -0.267. The third-order valence-electron chi connectivity index (χ3n) is 4.30. The van der Waals surface area contributed by atoms with Gasteiger partial charge in [0.05, 0.1) is 17.5 Å². The smallest absolute Gasteiger partial charge is 0.307 e. The Hall–Kier alpha value is -4.20. The van der Waals surface area contributed by atoms with Crippen LogP contribution < -0.4 is 10.1 Å². The number of carboxylic acid groups (broad SMARTS) is 1. The number of nitrogens with zero attached hydrogens (tertiary/aromatic N) is 1. The standard InChI is InChI=1S/C22H16FN3O4/c23-16-11-13(12-20(27)28)5-10-19(16)30-15-8-6-14(7-9-15)24-22(29)21-25-17-3-1-2-4-18(17)26-21/h1-11H,12H2,(H,24,29)(H,25,26)(H,27,28). The van der Waals surface area contributed by atoms with Gasteiger partial charge in [-0.25, -0.2) is 9.37 Å². The normalized spacial score (nSPS) is 10.7. The number of anilines is 1. The minimum absolute atomic E-state index is 0.0248. The molecule has 30 heavy (non-hydrogen) atoms. The zero-order valence-electron chi connectivity index (χ0n) is 15.6. The highest BCUT2D eigenvalue weighted by atomic mass is 19.1. The van der Waals surface area contributed by atoms with Gasteiger partial charge >= 0.3 is 5.97 Å². The van der Waals surface area contributed by atoms with Gasteiger partial charge in [-0.2, -0.15) is 0 Å². The Morgan fingerprint density at radius 3 is 2.53 bits per heavy atom. The number of aromatic amines is 1. The molecule has 0 radical (unpaired) electrons. The second-order valence-corrected chi connectivity index (χ2v) is 6.52. The maximum absolute atomic E-state index is 14.1. The van der Waals surface area contributed by atoms with Gasteiger partial charge in [0.1, 0.15) is 5.75 Å². The Kier molecular flexibility index (Phi) is 5.13. The maximum Gasteiger partial charge on any atom is 0.307 e. The van der Waals surface area contributed by atoms with Crippen LogP contribution in [0.4, 0.5) is 10.1 Å². The van der Waals surface area contributed by atoms with Crippen molar-refractivity contribution in [1.29, 1.82) is 0 Å². The van der Waals surface area contributed by atoms with E-state index in [4.69, 9.17) is 9.84 Å². The number of aliphatic carboxylic acids is 1. The first-order valence-electron chi connectivity index (χ1n) is 9.02. The highest BCUT2D eigenvalue weighted by molar-refractivity contribution is 6.03. The van der Waals surface area contributed by atoms with E-state index in [0.717, 1.165) is 11.6 Å². The number of aromatic nitrogens is 2. The molecule has 0 bridgehead atoms. The van der Waals surface area contributed by atoms with E-state index in [2.05, 4.69) is 15.3 Å². The van der Waals surface area contributed by atoms with Crippen LogP contribution in [0.5, 0.6) is 11.5 Å². The van der Waals surface area contributed by atoms with Gasteiger partial charge in [-0.3, -0.25) is 9.59 Å². The summed E-state index contributed by atoms with van der Waals surface area (Å²) in [6.45, 7) is 0. The van der Waals surface area contributed by atoms with E-state index < -0.39 is 11.8 Å². The average Bonchev–Trinajstić information content (AvgIpc) is 3.15. The van der Waals surface area contributed by atoms with Crippen LogP contribution in [0.1, 0.15) is 16.2 Å². The van der Waals surface area contributed by atoms with Crippen molar-refractivity contribution in [2.75, 3.05) is 5.32 Å². The molecular formula is C22H16FN3O4. The van der Waals surface area contributed by atoms with E-state index in [1.54, 1.807) is 24.3 Å². The van der Waals surface area contributed by atoms with Crippen LogP contribution in [0.2, 0.25) is 0 Å². The van der Waals surface area contributed by atoms with Gasteiger partial charge < -0.3 is 20.1 Å². The first-order chi connectivity index (χ1) is 14.5. The third kappa shape index (κ3) is 4.27. The Morgan fingerprint density at radius 1 is 1.07 bits per heavy atom. The number of ether oxygens (including phenoxy) is 1. The molecule has 1 amide bonds. The minimum Gasteiger partial charge on any atom is -0.481 e. The van der Waals surface area contributed by atoms with E-state index in [1.165, 1.54) is 12.1 Å². The van der Waals surface area contributed by atoms with Crippen LogP contribution in [0.15, 0.2) is 66.7 Å². The molecule has 1 aromatic heterocycles. The molecular weight excluding hydrogens is 389 g/mol. The van der Waals surface area contributed by atoms with E-state index in [9.17, 15) is 14.0 Å². The van der Waals surface area contributed by atoms with Gasteiger partial charge in [0.25, 0.3) is 5.91 Å². The van der Waals surface area contributed by atoms with Crippen molar-refractivity contribution < 1.29 is 23.8 Å². The molecule has 0 spiro atoms. The van der Waals surface area contributed by atoms with Crippen molar-refractivity contribution >= 4 is 28.6 Å². The summed E-state index contributed by atoms with van der Waals surface area (Å²) in [5.74, 6) is -1.55. The number of carboxylic acids is 1. The number of benzene rings is 3. The Bertz CT molecular complexity index is 1200. The van der Waals surface area contributed by atoms with Crippen LogP contribution in [0.3, 0.4) is 0 Å². The molecule has 0 saturated heterocycles. The molecule has 0 saturated carbocycles.